The molecule has 7 nitrogen and oxygen atoms in total. The molecule has 0 atom stereocenters. The highest BCUT2D eigenvalue weighted by Crippen LogP contribution is 2.29. The monoisotopic (exact) mass is 394 g/mol. The summed E-state index contributed by atoms with van der Waals surface area (Å²) in [5.41, 5.74) is 0.950. The van der Waals surface area contributed by atoms with Gasteiger partial charge in [0.1, 0.15) is 17.4 Å². The molecule has 2 aromatic carbocycles. The fourth-order valence-electron chi connectivity index (χ4n) is 2.50. The third-order valence-corrected chi connectivity index (χ3v) is 3.95. The van der Waals surface area contributed by atoms with Gasteiger partial charge in [-0.25, -0.2) is 0 Å². The van der Waals surface area contributed by atoms with Gasteiger partial charge >= 0.3 is 0 Å². The second-order valence-electron chi connectivity index (χ2n) is 5.88. The maximum absolute atomic E-state index is 12.6. The number of hydrogen-bond acceptors (Lipinski definition) is 6. The molecule has 2 rings (SSSR count). The standard InChI is InChI=1S/C22H22N2O5/c1-4-24-21(25)14-29-19-10-5-15(12-20(19)28-3)11-17(13-23)22(26)16-6-8-18(27-2)9-7-16/h5-12H,4,14H2,1-3H3,(H,24,25)/b17-11+. The molecule has 1 amide bonds. The number of ketones is 1. The average molecular weight is 394 g/mol. The number of carbonyl (C=O) groups is 2. The van der Waals surface area contributed by atoms with Crippen LogP contribution >= 0.6 is 0 Å². The van der Waals surface area contributed by atoms with Crippen molar-refractivity contribution >= 4 is 17.8 Å². The molecular formula is C22H22N2O5. The zero-order valence-electron chi connectivity index (χ0n) is 16.5. The lowest BCUT2D eigenvalue weighted by atomic mass is 10.0. The normalized spacial score (nSPS) is 10.6. The number of likely N-dealkylation sites (N-methyl/N-ethyl adjacent to an activating group) is 1. The number of hydrogen-bond donors (Lipinski definition) is 1. The molecular weight excluding hydrogens is 372 g/mol. The summed E-state index contributed by atoms with van der Waals surface area (Å²) >= 11 is 0. The number of nitrogens with zero attached hydrogens (tertiary/aromatic N) is 1. The maximum atomic E-state index is 12.6. The zero-order chi connectivity index (χ0) is 21.2. The SMILES string of the molecule is CCNC(=O)COc1ccc(/C=C(\C#N)C(=O)c2ccc(OC)cc2)cc1OC. The Morgan fingerprint density at radius 1 is 1.07 bits per heavy atom. The van der Waals surface area contributed by atoms with Crippen LogP contribution in [0.1, 0.15) is 22.8 Å². The highest BCUT2D eigenvalue weighted by molar-refractivity contribution is 6.14. The smallest absolute Gasteiger partial charge is 0.257 e. The van der Waals surface area contributed by atoms with Gasteiger partial charge in [-0.15, -0.1) is 0 Å². The van der Waals surface area contributed by atoms with Gasteiger partial charge in [-0.1, -0.05) is 6.07 Å². The summed E-state index contributed by atoms with van der Waals surface area (Å²) in [4.78, 5) is 24.2. The van der Waals surface area contributed by atoms with Gasteiger partial charge in [0, 0.05) is 12.1 Å². The molecule has 7 heteroatoms. The molecule has 0 radical (unpaired) electrons. The van der Waals surface area contributed by atoms with Crippen LogP contribution in [-0.2, 0) is 4.79 Å². The van der Waals surface area contributed by atoms with Gasteiger partial charge in [-0.2, -0.15) is 5.26 Å². The van der Waals surface area contributed by atoms with Crippen LogP contribution in [0.4, 0.5) is 0 Å². The second kappa shape index (κ2) is 10.5. The zero-order valence-corrected chi connectivity index (χ0v) is 16.5. The minimum atomic E-state index is -0.398. The van der Waals surface area contributed by atoms with Crippen LogP contribution in [0, 0.1) is 11.3 Å². The van der Waals surface area contributed by atoms with E-state index in [9.17, 15) is 14.9 Å². The number of benzene rings is 2. The Morgan fingerprint density at radius 3 is 2.38 bits per heavy atom. The number of ether oxygens (including phenoxy) is 3. The fourth-order valence-corrected chi connectivity index (χ4v) is 2.50. The van der Waals surface area contributed by atoms with E-state index in [1.165, 1.54) is 20.3 Å². The molecule has 0 aliphatic heterocycles. The lowest BCUT2D eigenvalue weighted by Gasteiger charge is -2.11. The quantitative estimate of drug-likeness (QED) is 0.399. The highest BCUT2D eigenvalue weighted by atomic mass is 16.5. The molecule has 0 fully saturated rings. The van der Waals surface area contributed by atoms with Crippen molar-refractivity contribution < 1.29 is 23.8 Å². The van der Waals surface area contributed by atoms with Crippen LogP contribution in [0.3, 0.4) is 0 Å². The molecule has 0 spiro atoms. The molecule has 0 heterocycles. The summed E-state index contributed by atoms with van der Waals surface area (Å²) in [5, 5.41) is 12.1. The molecule has 1 N–H and O–H groups in total. The minimum Gasteiger partial charge on any atom is -0.497 e. The van der Waals surface area contributed by atoms with E-state index in [-0.39, 0.29) is 18.1 Å². The molecule has 150 valence electrons. The predicted molar refractivity (Wildman–Crippen MR) is 108 cm³/mol. The van der Waals surface area contributed by atoms with Crippen molar-refractivity contribution in [1.82, 2.24) is 5.32 Å². The molecule has 0 aromatic heterocycles. The van der Waals surface area contributed by atoms with E-state index in [2.05, 4.69) is 5.32 Å². The van der Waals surface area contributed by atoms with Gasteiger partial charge in [0.2, 0.25) is 5.78 Å². The van der Waals surface area contributed by atoms with Crippen LogP contribution in [-0.4, -0.2) is 39.1 Å². The largest absolute Gasteiger partial charge is 0.497 e. The molecule has 0 aliphatic carbocycles. The van der Waals surface area contributed by atoms with Crippen molar-refractivity contribution in [3.05, 3.63) is 59.2 Å². The topological polar surface area (TPSA) is 97.7 Å². The Labute approximate surface area is 169 Å². The van der Waals surface area contributed by atoms with Crippen LogP contribution < -0.4 is 19.5 Å². The number of Topliss-reactive ketones (excluding diaryl/α,β-unsaturated/α-hetero) is 1. The number of amides is 1. The minimum absolute atomic E-state index is 0.0202. The Hall–Kier alpha value is -3.79. The first kappa shape index (κ1) is 21.5. The van der Waals surface area contributed by atoms with E-state index in [0.717, 1.165) is 0 Å². The molecule has 0 saturated heterocycles. The third kappa shape index (κ3) is 5.84. The summed E-state index contributed by atoms with van der Waals surface area (Å²) in [7, 11) is 3.00. The lowest BCUT2D eigenvalue weighted by molar-refractivity contribution is -0.123. The van der Waals surface area contributed by atoms with Crippen molar-refractivity contribution in [2.24, 2.45) is 0 Å². The van der Waals surface area contributed by atoms with Crippen molar-refractivity contribution in [3.63, 3.8) is 0 Å². The molecule has 29 heavy (non-hydrogen) atoms. The van der Waals surface area contributed by atoms with Gasteiger partial charge in [0.15, 0.2) is 18.1 Å². The molecule has 2 aromatic rings. The van der Waals surface area contributed by atoms with E-state index in [1.807, 2.05) is 13.0 Å². The summed E-state index contributed by atoms with van der Waals surface area (Å²) in [5.74, 6) is 0.756. The molecule has 0 saturated carbocycles. The molecule has 0 aliphatic rings. The number of methoxy groups -OCH3 is 2. The Balaban J connectivity index is 2.22. The number of rotatable bonds is 9. The Bertz CT molecular complexity index is 943. The third-order valence-electron chi connectivity index (χ3n) is 3.95. The maximum Gasteiger partial charge on any atom is 0.257 e. The first-order valence-corrected chi connectivity index (χ1v) is 8.90. The first-order chi connectivity index (χ1) is 14.0. The summed E-state index contributed by atoms with van der Waals surface area (Å²) in [6.07, 6.45) is 1.47. The predicted octanol–water partition coefficient (Wildman–Crippen LogP) is 3.01. The van der Waals surface area contributed by atoms with Crippen LogP contribution in [0.5, 0.6) is 17.2 Å². The summed E-state index contributed by atoms with van der Waals surface area (Å²) in [6.45, 7) is 2.20. The van der Waals surface area contributed by atoms with E-state index < -0.39 is 5.78 Å². The van der Waals surface area contributed by atoms with Gasteiger partial charge in [-0.05, 0) is 55.0 Å². The average Bonchev–Trinajstić information content (AvgIpc) is 2.76. The van der Waals surface area contributed by atoms with E-state index in [1.54, 1.807) is 42.5 Å². The van der Waals surface area contributed by atoms with Crippen molar-refractivity contribution in [2.45, 2.75) is 6.92 Å². The van der Waals surface area contributed by atoms with Crippen molar-refractivity contribution in [3.8, 4) is 23.3 Å². The fraction of sp³-hybridized carbons (Fsp3) is 0.227. The number of carbonyl (C=O) groups excluding carboxylic acids is 2. The summed E-state index contributed by atoms with van der Waals surface area (Å²) < 4.78 is 15.8. The van der Waals surface area contributed by atoms with Gasteiger partial charge in [-0.3, -0.25) is 9.59 Å². The Morgan fingerprint density at radius 2 is 1.79 bits per heavy atom. The number of allylic oxidation sites excluding steroid dienone is 1. The number of nitrogens with one attached hydrogen (secondary N) is 1. The van der Waals surface area contributed by atoms with E-state index in [4.69, 9.17) is 14.2 Å². The van der Waals surface area contributed by atoms with Gasteiger partial charge in [0.05, 0.1) is 14.2 Å². The summed E-state index contributed by atoms with van der Waals surface area (Å²) in [6, 6.07) is 13.4. The Kier molecular flexibility index (Phi) is 7.80. The van der Waals surface area contributed by atoms with E-state index >= 15 is 0 Å². The lowest BCUT2D eigenvalue weighted by Crippen LogP contribution is -2.28. The van der Waals surface area contributed by atoms with Crippen molar-refractivity contribution in [1.29, 1.82) is 5.26 Å². The second-order valence-corrected chi connectivity index (χ2v) is 5.88. The van der Waals surface area contributed by atoms with Gasteiger partial charge in [0.25, 0.3) is 5.91 Å². The van der Waals surface area contributed by atoms with Crippen LogP contribution in [0.2, 0.25) is 0 Å². The number of nitriles is 1. The molecule has 0 bridgehead atoms. The highest BCUT2D eigenvalue weighted by Gasteiger charge is 2.14. The van der Waals surface area contributed by atoms with Gasteiger partial charge < -0.3 is 19.5 Å². The van der Waals surface area contributed by atoms with Crippen molar-refractivity contribution in [2.75, 3.05) is 27.4 Å². The molecule has 0 unspecified atom stereocenters. The van der Waals surface area contributed by atoms with Crippen LogP contribution in [0.15, 0.2) is 48.0 Å². The van der Waals surface area contributed by atoms with Crippen LogP contribution in [0.25, 0.3) is 6.08 Å². The first-order valence-electron chi connectivity index (χ1n) is 8.90. The van der Waals surface area contributed by atoms with E-state index in [0.29, 0.717) is 34.9 Å².